The van der Waals surface area contributed by atoms with E-state index in [4.69, 9.17) is 5.73 Å². The molecule has 1 unspecified atom stereocenters. The average molecular weight is 322 g/mol. The largest absolute Gasteiger partial charge is 0.328 e. The summed E-state index contributed by atoms with van der Waals surface area (Å²) in [7, 11) is -3.44. The molecular weight excluding hydrogens is 298 g/mol. The van der Waals surface area contributed by atoms with Crippen LogP contribution in [0, 0.1) is 0 Å². The van der Waals surface area contributed by atoms with Gasteiger partial charge in [-0.25, -0.2) is 4.72 Å². The lowest BCUT2D eigenvalue weighted by molar-refractivity contribution is 0.413. The van der Waals surface area contributed by atoms with Gasteiger partial charge in [0.25, 0.3) is 10.2 Å². The first-order chi connectivity index (χ1) is 8.95. The Balaban J connectivity index is 0.00000361. The third-order valence-electron chi connectivity index (χ3n) is 2.78. The van der Waals surface area contributed by atoms with Crippen LogP contribution in [0.15, 0.2) is 30.3 Å². The molecule has 0 aromatic heterocycles. The summed E-state index contributed by atoms with van der Waals surface area (Å²) in [5.74, 6) is 0. The number of hydrogen-bond donors (Lipinski definition) is 2. The first kappa shape index (κ1) is 19.3. The monoisotopic (exact) mass is 321 g/mol. The number of halogens is 1. The lowest BCUT2D eigenvalue weighted by Gasteiger charge is -2.21. The van der Waals surface area contributed by atoms with E-state index in [0.717, 1.165) is 5.56 Å². The van der Waals surface area contributed by atoms with Crippen molar-refractivity contribution in [3.05, 3.63) is 35.9 Å². The van der Waals surface area contributed by atoms with Crippen LogP contribution in [0.5, 0.6) is 0 Å². The van der Waals surface area contributed by atoms with Crippen molar-refractivity contribution in [1.29, 1.82) is 0 Å². The number of nitrogens with one attached hydrogen (secondary N) is 1. The van der Waals surface area contributed by atoms with Crippen molar-refractivity contribution in [2.24, 2.45) is 5.73 Å². The molecule has 1 aromatic carbocycles. The van der Waals surface area contributed by atoms with E-state index in [1.165, 1.54) is 4.31 Å². The van der Waals surface area contributed by atoms with E-state index in [9.17, 15) is 8.42 Å². The zero-order chi connectivity index (χ0) is 14.3. The molecule has 5 nitrogen and oxygen atoms in total. The van der Waals surface area contributed by atoms with Crippen molar-refractivity contribution in [1.82, 2.24) is 9.03 Å². The summed E-state index contributed by atoms with van der Waals surface area (Å²) < 4.78 is 28.2. The Hall–Kier alpha value is -0.660. The second-order valence-corrected chi connectivity index (χ2v) is 6.33. The van der Waals surface area contributed by atoms with Crippen LogP contribution in [0.1, 0.15) is 25.8 Å². The molecule has 0 heterocycles. The lowest BCUT2D eigenvalue weighted by Crippen LogP contribution is -2.41. The highest BCUT2D eigenvalue weighted by Gasteiger charge is 2.19. The molecule has 0 saturated carbocycles. The van der Waals surface area contributed by atoms with Crippen molar-refractivity contribution < 1.29 is 8.42 Å². The lowest BCUT2D eigenvalue weighted by atomic mass is 10.2. The standard InChI is InChI=1S/C13H23N3O2S.ClH/c1-3-16(11-13-7-5-4-6-8-13)19(17,18)15-10-9-12(2)14;/h4-8,12,15H,3,9-11,14H2,1-2H3;1H. The predicted octanol–water partition coefficient (Wildman–Crippen LogP) is 1.50. The maximum absolute atomic E-state index is 12.1. The minimum absolute atomic E-state index is 0. The second-order valence-electron chi connectivity index (χ2n) is 4.58. The molecule has 0 aliphatic carbocycles. The molecule has 0 aliphatic rings. The highest BCUT2D eigenvalue weighted by molar-refractivity contribution is 7.87. The van der Waals surface area contributed by atoms with E-state index < -0.39 is 10.2 Å². The molecule has 0 amide bonds. The van der Waals surface area contributed by atoms with E-state index >= 15 is 0 Å². The molecule has 0 radical (unpaired) electrons. The van der Waals surface area contributed by atoms with Crippen molar-refractivity contribution in [2.45, 2.75) is 32.9 Å². The summed E-state index contributed by atoms with van der Waals surface area (Å²) in [6, 6.07) is 9.54. The summed E-state index contributed by atoms with van der Waals surface area (Å²) in [6.45, 7) is 4.86. The fraction of sp³-hybridized carbons (Fsp3) is 0.538. The zero-order valence-corrected chi connectivity index (χ0v) is 13.6. The minimum Gasteiger partial charge on any atom is -0.328 e. The highest BCUT2D eigenvalue weighted by Crippen LogP contribution is 2.07. The number of nitrogens with two attached hydrogens (primary N) is 1. The van der Waals surface area contributed by atoms with Crippen molar-refractivity contribution in [2.75, 3.05) is 13.1 Å². The van der Waals surface area contributed by atoms with E-state index in [1.807, 2.05) is 44.2 Å². The Labute approximate surface area is 128 Å². The van der Waals surface area contributed by atoms with E-state index in [0.29, 0.717) is 26.1 Å². The van der Waals surface area contributed by atoms with Crippen molar-refractivity contribution in [3.8, 4) is 0 Å². The van der Waals surface area contributed by atoms with Gasteiger partial charge in [-0.2, -0.15) is 12.7 Å². The Morgan fingerprint density at radius 1 is 1.30 bits per heavy atom. The van der Waals surface area contributed by atoms with Crippen LogP contribution in [-0.2, 0) is 16.8 Å². The SMILES string of the molecule is CCN(Cc1ccccc1)S(=O)(=O)NCCC(C)N.Cl. The number of hydrogen-bond acceptors (Lipinski definition) is 3. The Bertz CT molecular complexity index is 466. The predicted molar refractivity (Wildman–Crippen MR) is 85.0 cm³/mol. The van der Waals surface area contributed by atoms with Gasteiger partial charge in [0.05, 0.1) is 0 Å². The Morgan fingerprint density at radius 2 is 1.90 bits per heavy atom. The van der Waals surface area contributed by atoms with Gasteiger partial charge in [0.1, 0.15) is 0 Å². The minimum atomic E-state index is -3.44. The van der Waals surface area contributed by atoms with Gasteiger partial charge in [0.2, 0.25) is 0 Å². The fourth-order valence-electron chi connectivity index (χ4n) is 1.66. The molecule has 1 aromatic rings. The van der Waals surface area contributed by atoms with E-state index in [2.05, 4.69) is 4.72 Å². The number of nitrogens with zero attached hydrogens (tertiary/aromatic N) is 1. The van der Waals surface area contributed by atoms with Gasteiger partial charge in [-0.1, -0.05) is 37.3 Å². The van der Waals surface area contributed by atoms with Crippen LogP contribution in [0.25, 0.3) is 0 Å². The molecule has 0 spiro atoms. The third kappa shape index (κ3) is 6.67. The summed E-state index contributed by atoms with van der Waals surface area (Å²) >= 11 is 0. The molecule has 1 atom stereocenters. The van der Waals surface area contributed by atoms with Gasteiger partial charge in [-0.3, -0.25) is 0 Å². The first-order valence-electron chi connectivity index (χ1n) is 6.50. The summed E-state index contributed by atoms with van der Waals surface area (Å²) in [5, 5.41) is 0. The van der Waals surface area contributed by atoms with Crippen LogP contribution in [-0.4, -0.2) is 31.9 Å². The maximum Gasteiger partial charge on any atom is 0.279 e. The van der Waals surface area contributed by atoms with Crippen molar-refractivity contribution in [3.63, 3.8) is 0 Å². The smallest absolute Gasteiger partial charge is 0.279 e. The Kier molecular flexibility index (Phi) is 9.00. The number of rotatable bonds is 8. The molecule has 3 N–H and O–H groups in total. The molecular formula is C13H24ClN3O2S. The van der Waals surface area contributed by atoms with Gasteiger partial charge in [-0.05, 0) is 18.9 Å². The molecule has 0 saturated heterocycles. The molecule has 20 heavy (non-hydrogen) atoms. The van der Waals surface area contributed by atoms with E-state index in [1.54, 1.807) is 0 Å². The van der Waals surface area contributed by atoms with E-state index in [-0.39, 0.29) is 18.4 Å². The van der Waals surface area contributed by atoms with Crippen LogP contribution < -0.4 is 10.5 Å². The van der Waals surface area contributed by atoms with Crippen LogP contribution >= 0.6 is 12.4 Å². The highest BCUT2D eigenvalue weighted by atomic mass is 35.5. The van der Waals surface area contributed by atoms with Crippen LogP contribution in [0.4, 0.5) is 0 Å². The molecule has 0 aliphatic heterocycles. The summed E-state index contributed by atoms with van der Waals surface area (Å²) in [4.78, 5) is 0. The normalized spacial score (nSPS) is 13.0. The molecule has 1 rings (SSSR count). The first-order valence-corrected chi connectivity index (χ1v) is 7.94. The molecule has 0 bridgehead atoms. The number of benzene rings is 1. The zero-order valence-electron chi connectivity index (χ0n) is 12.0. The Morgan fingerprint density at radius 3 is 2.40 bits per heavy atom. The van der Waals surface area contributed by atoms with Gasteiger partial charge >= 0.3 is 0 Å². The summed E-state index contributed by atoms with van der Waals surface area (Å²) in [6.07, 6.45) is 0.627. The average Bonchev–Trinajstić information content (AvgIpc) is 2.36. The van der Waals surface area contributed by atoms with Gasteiger partial charge in [0, 0.05) is 25.7 Å². The van der Waals surface area contributed by atoms with Crippen LogP contribution in [0.2, 0.25) is 0 Å². The maximum atomic E-state index is 12.1. The van der Waals surface area contributed by atoms with Gasteiger partial charge in [0.15, 0.2) is 0 Å². The van der Waals surface area contributed by atoms with Crippen LogP contribution in [0.3, 0.4) is 0 Å². The molecule has 116 valence electrons. The fourth-order valence-corrected chi connectivity index (χ4v) is 2.88. The van der Waals surface area contributed by atoms with Gasteiger partial charge in [-0.15, -0.1) is 12.4 Å². The molecule has 7 heteroatoms. The van der Waals surface area contributed by atoms with Gasteiger partial charge < -0.3 is 5.73 Å². The quantitative estimate of drug-likeness (QED) is 0.762. The third-order valence-corrected chi connectivity index (χ3v) is 4.41. The van der Waals surface area contributed by atoms with Crippen molar-refractivity contribution >= 4 is 22.6 Å². The summed E-state index contributed by atoms with van der Waals surface area (Å²) in [5.41, 5.74) is 6.58. The molecule has 0 fully saturated rings. The topological polar surface area (TPSA) is 75.4 Å². The second kappa shape index (κ2) is 9.31.